The molecule has 0 saturated carbocycles. The third-order valence-electron chi connectivity index (χ3n) is 3.35. The maximum absolute atomic E-state index is 4.18. The standard InChI is InChI=1S/C17H25N3/c1-4-9-18-11-16-12-19-20-17(16)15-7-5-14(6-8-15)10-13(2)3/h5-8,12-13,18H,4,9-11H2,1-3H3,(H,19,20). The van der Waals surface area contributed by atoms with Gasteiger partial charge in [-0.2, -0.15) is 5.10 Å². The van der Waals surface area contributed by atoms with Crippen LogP contribution in [-0.4, -0.2) is 16.7 Å². The minimum atomic E-state index is 0.696. The van der Waals surface area contributed by atoms with Crippen molar-refractivity contribution in [2.24, 2.45) is 5.92 Å². The number of hydrogen-bond acceptors (Lipinski definition) is 2. The summed E-state index contributed by atoms with van der Waals surface area (Å²) in [6, 6.07) is 8.82. The topological polar surface area (TPSA) is 40.7 Å². The molecule has 0 atom stereocenters. The Morgan fingerprint density at radius 2 is 1.95 bits per heavy atom. The normalized spacial score (nSPS) is 11.2. The largest absolute Gasteiger partial charge is 0.313 e. The predicted octanol–water partition coefficient (Wildman–Crippen LogP) is 3.77. The molecule has 1 aromatic carbocycles. The SMILES string of the molecule is CCCNCc1cn[nH]c1-c1ccc(CC(C)C)cc1. The molecule has 1 aromatic heterocycles. The summed E-state index contributed by atoms with van der Waals surface area (Å²) in [7, 11) is 0. The van der Waals surface area contributed by atoms with E-state index in [0.717, 1.165) is 31.6 Å². The van der Waals surface area contributed by atoms with Crippen molar-refractivity contribution < 1.29 is 0 Å². The summed E-state index contributed by atoms with van der Waals surface area (Å²) in [6.45, 7) is 8.59. The van der Waals surface area contributed by atoms with Crippen molar-refractivity contribution in [3.63, 3.8) is 0 Å². The van der Waals surface area contributed by atoms with Gasteiger partial charge in [-0.05, 0) is 36.4 Å². The van der Waals surface area contributed by atoms with E-state index in [1.54, 1.807) is 0 Å². The maximum atomic E-state index is 4.18. The summed E-state index contributed by atoms with van der Waals surface area (Å²) in [6.07, 6.45) is 4.20. The first-order chi connectivity index (χ1) is 9.70. The first kappa shape index (κ1) is 14.8. The number of nitrogens with zero attached hydrogens (tertiary/aromatic N) is 1. The van der Waals surface area contributed by atoms with Gasteiger partial charge in [-0.1, -0.05) is 45.0 Å². The Morgan fingerprint density at radius 1 is 1.20 bits per heavy atom. The monoisotopic (exact) mass is 271 g/mol. The number of hydrogen-bond donors (Lipinski definition) is 2. The first-order valence-corrected chi connectivity index (χ1v) is 7.53. The fourth-order valence-electron chi connectivity index (χ4n) is 2.37. The summed E-state index contributed by atoms with van der Waals surface area (Å²) >= 11 is 0. The van der Waals surface area contributed by atoms with Gasteiger partial charge in [-0.15, -0.1) is 0 Å². The van der Waals surface area contributed by atoms with Crippen LogP contribution >= 0.6 is 0 Å². The Morgan fingerprint density at radius 3 is 2.60 bits per heavy atom. The van der Waals surface area contributed by atoms with E-state index >= 15 is 0 Å². The van der Waals surface area contributed by atoms with Crippen molar-refractivity contribution in [1.29, 1.82) is 0 Å². The Balaban J connectivity index is 2.09. The molecule has 2 rings (SSSR count). The molecule has 2 N–H and O–H groups in total. The molecule has 20 heavy (non-hydrogen) atoms. The lowest BCUT2D eigenvalue weighted by Gasteiger charge is -2.07. The number of aromatic amines is 1. The van der Waals surface area contributed by atoms with E-state index in [0.29, 0.717) is 5.92 Å². The molecule has 0 amide bonds. The molecule has 0 fully saturated rings. The zero-order chi connectivity index (χ0) is 14.4. The molecule has 0 spiro atoms. The van der Waals surface area contributed by atoms with Crippen molar-refractivity contribution in [2.45, 2.75) is 40.2 Å². The van der Waals surface area contributed by atoms with Gasteiger partial charge in [0.2, 0.25) is 0 Å². The van der Waals surface area contributed by atoms with Gasteiger partial charge in [0, 0.05) is 12.1 Å². The molecule has 0 bridgehead atoms. The van der Waals surface area contributed by atoms with Crippen molar-refractivity contribution in [1.82, 2.24) is 15.5 Å². The van der Waals surface area contributed by atoms with Gasteiger partial charge in [0.1, 0.15) is 0 Å². The van der Waals surface area contributed by atoms with Crippen LogP contribution in [0.15, 0.2) is 30.5 Å². The third-order valence-corrected chi connectivity index (χ3v) is 3.35. The minimum Gasteiger partial charge on any atom is -0.313 e. The second kappa shape index (κ2) is 7.25. The Labute approximate surface area is 121 Å². The second-order valence-corrected chi connectivity index (χ2v) is 5.74. The van der Waals surface area contributed by atoms with Gasteiger partial charge < -0.3 is 5.32 Å². The molecule has 0 saturated heterocycles. The fourth-order valence-corrected chi connectivity index (χ4v) is 2.37. The van der Waals surface area contributed by atoms with Crippen molar-refractivity contribution >= 4 is 0 Å². The zero-order valence-corrected chi connectivity index (χ0v) is 12.7. The smallest absolute Gasteiger partial charge is 0.0695 e. The summed E-state index contributed by atoms with van der Waals surface area (Å²) in [5.74, 6) is 0.696. The Kier molecular flexibility index (Phi) is 5.36. The summed E-state index contributed by atoms with van der Waals surface area (Å²) in [5, 5.41) is 10.7. The van der Waals surface area contributed by atoms with Crippen LogP contribution in [0.25, 0.3) is 11.3 Å². The molecule has 0 unspecified atom stereocenters. The Hall–Kier alpha value is -1.61. The van der Waals surface area contributed by atoms with Gasteiger partial charge in [-0.25, -0.2) is 0 Å². The number of H-pyrrole nitrogens is 1. The maximum Gasteiger partial charge on any atom is 0.0695 e. The van der Waals surface area contributed by atoms with Crippen molar-refractivity contribution in [2.75, 3.05) is 6.54 Å². The molecule has 3 heteroatoms. The molecular formula is C17H25N3. The van der Waals surface area contributed by atoms with Gasteiger partial charge >= 0.3 is 0 Å². The molecule has 0 radical (unpaired) electrons. The molecule has 2 aromatic rings. The number of rotatable bonds is 7. The van der Waals surface area contributed by atoms with E-state index in [4.69, 9.17) is 0 Å². The summed E-state index contributed by atoms with van der Waals surface area (Å²) < 4.78 is 0. The number of nitrogens with one attached hydrogen (secondary N) is 2. The molecule has 3 nitrogen and oxygen atoms in total. The second-order valence-electron chi connectivity index (χ2n) is 5.74. The predicted molar refractivity (Wildman–Crippen MR) is 84.6 cm³/mol. The first-order valence-electron chi connectivity index (χ1n) is 7.53. The van der Waals surface area contributed by atoms with Crippen LogP contribution in [0.5, 0.6) is 0 Å². The fraction of sp³-hybridized carbons (Fsp3) is 0.471. The molecular weight excluding hydrogens is 246 g/mol. The van der Waals surface area contributed by atoms with Crippen LogP contribution in [0.4, 0.5) is 0 Å². The van der Waals surface area contributed by atoms with E-state index < -0.39 is 0 Å². The number of aromatic nitrogens is 2. The lowest BCUT2D eigenvalue weighted by Crippen LogP contribution is -2.13. The third kappa shape index (κ3) is 3.94. The average molecular weight is 271 g/mol. The van der Waals surface area contributed by atoms with Crippen LogP contribution in [0.2, 0.25) is 0 Å². The lowest BCUT2D eigenvalue weighted by atomic mass is 10.00. The lowest BCUT2D eigenvalue weighted by molar-refractivity contribution is 0.647. The highest BCUT2D eigenvalue weighted by Crippen LogP contribution is 2.22. The zero-order valence-electron chi connectivity index (χ0n) is 12.7. The van der Waals surface area contributed by atoms with Crippen molar-refractivity contribution in [3.8, 4) is 11.3 Å². The van der Waals surface area contributed by atoms with Crippen LogP contribution in [-0.2, 0) is 13.0 Å². The van der Waals surface area contributed by atoms with Crippen LogP contribution in [0.1, 0.15) is 38.3 Å². The van der Waals surface area contributed by atoms with E-state index in [-0.39, 0.29) is 0 Å². The van der Waals surface area contributed by atoms with Crippen LogP contribution < -0.4 is 5.32 Å². The van der Waals surface area contributed by atoms with Gasteiger partial charge in [-0.3, -0.25) is 5.10 Å². The van der Waals surface area contributed by atoms with E-state index in [1.807, 2.05) is 6.20 Å². The van der Waals surface area contributed by atoms with Crippen molar-refractivity contribution in [3.05, 3.63) is 41.6 Å². The van der Waals surface area contributed by atoms with Gasteiger partial charge in [0.25, 0.3) is 0 Å². The molecule has 0 aliphatic rings. The highest BCUT2D eigenvalue weighted by molar-refractivity contribution is 5.62. The molecule has 0 aliphatic heterocycles. The van der Waals surface area contributed by atoms with E-state index in [9.17, 15) is 0 Å². The Bertz CT molecular complexity index is 511. The summed E-state index contributed by atoms with van der Waals surface area (Å²) in [5.41, 5.74) is 4.97. The van der Waals surface area contributed by atoms with Gasteiger partial charge in [0.05, 0.1) is 11.9 Å². The van der Waals surface area contributed by atoms with Crippen LogP contribution in [0.3, 0.4) is 0 Å². The van der Waals surface area contributed by atoms with Gasteiger partial charge in [0.15, 0.2) is 0 Å². The van der Waals surface area contributed by atoms with Crippen LogP contribution in [0, 0.1) is 5.92 Å². The molecule has 0 aliphatic carbocycles. The number of benzene rings is 1. The quantitative estimate of drug-likeness (QED) is 0.752. The van der Waals surface area contributed by atoms with E-state index in [1.165, 1.54) is 16.7 Å². The highest BCUT2D eigenvalue weighted by atomic mass is 15.1. The highest BCUT2D eigenvalue weighted by Gasteiger charge is 2.07. The summed E-state index contributed by atoms with van der Waals surface area (Å²) in [4.78, 5) is 0. The molecule has 108 valence electrons. The van der Waals surface area contributed by atoms with E-state index in [2.05, 4.69) is 60.6 Å². The minimum absolute atomic E-state index is 0.696. The average Bonchev–Trinajstić information content (AvgIpc) is 2.88. The molecule has 1 heterocycles.